The average molecular weight is 537 g/mol. The van der Waals surface area contributed by atoms with Crippen LogP contribution in [0.5, 0.6) is 0 Å². The van der Waals surface area contributed by atoms with Gasteiger partial charge in [-0.25, -0.2) is 0 Å². The van der Waals surface area contributed by atoms with Crippen LogP contribution in [-0.4, -0.2) is 50.5 Å². The van der Waals surface area contributed by atoms with Gasteiger partial charge in [-0.1, -0.05) is 62.3 Å². The molecule has 0 saturated carbocycles. The van der Waals surface area contributed by atoms with E-state index in [1.165, 1.54) is 0 Å². The second kappa shape index (κ2) is 9.99. The number of aromatic amines is 1. The van der Waals surface area contributed by atoms with Crippen molar-refractivity contribution < 1.29 is 17.7 Å². The number of hydrogen-bond acceptors (Lipinski definition) is 7. The van der Waals surface area contributed by atoms with Crippen molar-refractivity contribution in [1.82, 2.24) is 14.5 Å². The first kappa shape index (κ1) is 27.5. The Labute approximate surface area is 216 Å². The van der Waals surface area contributed by atoms with E-state index in [9.17, 15) is 4.79 Å². The van der Waals surface area contributed by atoms with Gasteiger partial charge in [0.15, 0.2) is 5.65 Å². The Morgan fingerprint density at radius 3 is 2.22 bits per heavy atom. The van der Waals surface area contributed by atoms with Crippen molar-refractivity contribution in [3.8, 4) is 0 Å². The highest BCUT2D eigenvalue weighted by atomic mass is 28.5. The Morgan fingerprint density at radius 2 is 1.67 bits per heavy atom. The minimum atomic E-state index is -2.71. The molecule has 2 aromatic rings. The largest absolute Gasteiger partial charge is 0.414 e. The molecule has 3 N–H and O–H groups in total. The maximum atomic E-state index is 12.7. The van der Waals surface area contributed by atoms with Crippen LogP contribution in [0.2, 0.25) is 22.2 Å². The number of anilines is 1. The molecule has 0 amide bonds. The highest BCUT2D eigenvalue weighted by molar-refractivity contribution is 6.83. The summed E-state index contributed by atoms with van der Waals surface area (Å²) in [7, 11) is -5.34. The lowest BCUT2D eigenvalue weighted by molar-refractivity contribution is -0.0543. The summed E-state index contributed by atoms with van der Waals surface area (Å²) in [5.41, 5.74) is 8.23. The van der Waals surface area contributed by atoms with Crippen molar-refractivity contribution in [2.45, 2.75) is 116 Å². The Kier molecular flexibility index (Phi) is 7.64. The number of nitrogens with one attached hydrogen (secondary N) is 1. The quantitative estimate of drug-likeness (QED) is 0.493. The SMILES string of the molecule is CCc1cn(C2CC3O[Si](C(C)C)(C(C)C)O[Si](C(C)C)(C(C)C)OCC3O2)c2nc(N)[nH]c(=O)c12. The Hall–Kier alpha value is -1.51. The lowest BCUT2D eigenvalue weighted by Crippen LogP contribution is -2.65. The molecule has 2 aromatic heterocycles. The monoisotopic (exact) mass is 536 g/mol. The lowest BCUT2D eigenvalue weighted by Gasteiger charge is -2.51. The van der Waals surface area contributed by atoms with Crippen LogP contribution in [0.1, 0.15) is 80.5 Å². The second-order valence-electron chi connectivity index (χ2n) is 11.6. The number of ether oxygens (including phenoxy) is 1. The van der Waals surface area contributed by atoms with Crippen molar-refractivity contribution in [3.05, 3.63) is 22.1 Å². The third-order valence-electron chi connectivity index (χ3n) is 8.00. The molecular formula is C25H44N4O5Si2. The fourth-order valence-electron chi connectivity index (χ4n) is 6.04. The minimum Gasteiger partial charge on any atom is -0.414 e. The summed E-state index contributed by atoms with van der Waals surface area (Å²) in [4.78, 5) is 19.8. The summed E-state index contributed by atoms with van der Waals surface area (Å²) < 4.78 is 29.9. The third kappa shape index (κ3) is 4.41. The number of nitrogens with zero attached hydrogens (tertiary/aromatic N) is 2. The summed E-state index contributed by atoms with van der Waals surface area (Å²) >= 11 is 0. The van der Waals surface area contributed by atoms with Gasteiger partial charge in [-0.3, -0.25) is 9.78 Å². The fraction of sp³-hybridized carbons (Fsp3) is 0.760. The van der Waals surface area contributed by atoms with E-state index in [1.54, 1.807) is 0 Å². The highest BCUT2D eigenvalue weighted by Gasteiger charge is 2.60. The van der Waals surface area contributed by atoms with Gasteiger partial charge >= 0.3 is 17.1 Å². The Morgan fingerprint density at radius 1 is 1.06 bits per heavy atom. The molecule has 4 heterocycles. The first-order chi connectivity index (χ1) is 16.9. The van der Waals surface area contributed by atoms with Crippen LogP contribution in [0.3, 0.4) is 0 Å². The fourth-order valence-corrected chi connectivity index (χ4v) is 17.3. The molecule has 2 aliphatic heterocycles. The normalized spacial score (nSPS) is 26.2. The van der Waals surface area contributed by atoms with Gasteiger partial charge in [0, 0.05) is 12.6 Å². The molecule has 0 radical (unpaired) electrons. The van der Waals surface area contributed by atoms with Crippen LogP contribution < -0.4 is 11.3 Å². The van der Waals surface area contributed by atoms with E-state index in [0.29, 0.717) is 30.5 Å². The minimum absolute atomic E-state index is 0.0993. The van der Waals surface area contributed by atoms with Gasteiger partial charge < -0.3 is 28.0 Å². The zero-order valence-corrected chi connectivity index (χ0v) is 25.3. The van der Waals surface area contributed by atoms with E-state index in [0.717, 1.165) is 5.56 Å². The first-order valence-electron chi connectivity index (χ1n) is 13.4. The molecule has 3 atom stereocenters. The van der Waals surface area contributed by atoms with E-state index < -0.39 is 17.1 Å². The van der Waals surface area contributed by atoms with E-state index in [1.807, 2.05) is 17.7 Å². The van der Waals surface area contributed by atoms with E-state index in [-0.39, 0.29) is 52.1 Å². The van der Waals surface area contributed by atoms with Crippen molar-refractivity contribution in [2.75, 3.05) is 12.3 Å². The summed E-state index contributed by atoms with van der Waals surface area (Å²) in [5, 5.41) is 0.569. The summed E-state index contributed by atoms with van der Waals surface area (Å²) in [5.74, 6) is 0.0993. The van der Waals surface area contributed by atoms with Gasteiger partial charge in [-0.2, -0.15) is 4.98 Å². The molecule has 2 fully saturated rings. The van der Waals surface area contributed by atoms with Gasteiger partial charge in [0.25, 0.3) is 5.56 Å². The van der Waals surface area contributed by atoms with E-state index >= 15 is 0 Å². The number of aromatic nitrogens is 3. The molecule has 2 aliphatic rings. The summed E-state index contributed by atoms with van der Waals surface area (Å²) in [6.07, 6.45) is 2.58. The maximum absolute atomic E-state index is 12.7. The number of rotatable bonds is 6. The molecule has 3 unspecified atom stereocenters. The molecule has 0 aliphatic carbocycles. The maximum Gasteiger partial charge on any atom is 0.335 e. The molecule has 0 bridgehead atoms. The predicted octanol–water partition coefficient (Wildman–Crippen LogP) is 5.11. The average Bonchev–Trinajstić information content (AvgIpc) is 3.33. The van der Waals surface area contributed by atoms with Crippen LogP contribution in [0.15, 0.2) is 11.0 Å². The van der Waals surface area contributed by atoms with E-state index in [2.05, 4.69) is 65.4 Å². The standard InChI is InChI=1S/C25H44N4O5Si2/c1-10-18-12-29(23-22(18)24(30)28-25(26)27-23)21-11-19-20(32-21)13-31-35(14(2)3,15(4)5)34-36(33-19,16(6)7)17(8)9/h12,14-17,19-21H,10-11,13H2,1-9H3,(H3,26,27,28,30). The number of nitrogen functional groups attached to an aromatic ring is 1. The topological polar surface area (TPSA) is 114 Å². The van der Waals surface area contributed by atoms with Crippen LogP contribution in [0, 0.1) is 0 Å². The molecule has 0 spiro atoms. The number of fused-ring (bicyclic) bond motifs is 2. The van der Waals surface area contributed by atoms with Crippen LogP contribution in [0.25, 0.3) is 11.0 Å². The lowest BCUT2D eigenvalue weighted by atomic mass is 10.2. The van der Waals surface area contributed by atoms with Gasteiger partial charge in [-0.15, -0.1) is 0 Å². The van der Waals surface area contributed by atoms with Gasteiger partial charge in [0.2, 0.25) is 5.95 Å². The summed E-state index contributed by atoms with van der Waals surface area (Å²) in [6.45, 7) is 20.2. The molecule has 36 heavy (non-hydrogen) atoms. The van der Waals surface area contributed by atoms with Gasteiger partial charge in [-0.05, 0) is 34.1 Å². The number of nitrogens with two attached hydrogens (primary N) is 1. The van der Waals surface area contributed by atoms with Crippen LogP contribution >= 0.6 is 0 Å². The second-order valence-corrected chi connectivity index (χ2v) is 20.4. The van der Waals surface area contributed by atoms with Crippen LogP contribution in [0.4, 0.5) is 5.95 Å². The highest BCUT2D eigenvalue weighted by Crippen LogP contribution is 2.48. The Bertz CT molecular complexity index is 1130. The Balaban J connectivity index is 1.77. The summed E-state index contributed by atoms with van der Waals surface area (Å²) in [6, 6.07) is 0. The molecule has 4 rings (SSSR count). The number of H-pyrrole nitrogens is 1. The molecule has 2 saturated heterocycles. The van der Waals surface area contributed by atoms with E-state index in [4.69, 9.17) is 23.4 Å². The molecule has 9 nitrogen and oxygen atoms in total. The third-order valence-corrected chi connectivity index (χ3v) is 18.3. The zero-order valence-electron chi connectivity index (χ0n) is 23.3. The van der Waals surface area contributed by atoms with Crippen LogP contribution in [-0.2, 0) is 24.1 Å². The van der Waals surface area contributed by atoms with Gasteiger partial charge in [0.1, 0.15) is 12.3 Å². The number of aryl methyl sites for hydroxylation is 1. The molecule has 0 aromatic carbocycles. The van der Waals surface area contributed by atoms with Crippen molar-refractivity contribution >= 4 is 34.1 Å². The molecule has 202 valence electrons. The van der Waals surface area contributed by atoms with Crippen molar-refractivity contribution in [3.63, 3.8) is 0 Å². The number of hydrogen-bond donors (Lipinski definition) is 2. The van der Waals surface area contributed by atoms with Gasteiger partial charge in [0.05, 0.1) is 18.1 Å². The van der Waals surface area contributed by atoms with Crippen molar-refractivity contribution in [2.24, 2.45) is 0 Å². The molecule has 11 heteroatoms. The first-order valence-corrected chi connectivity index (χ1v) is 17.4. The smallest absolute Gasteiger partial charge is 0.335 e. The zero-order chi connectivity index (χ0) is 26.6. The van der Waals surface area contributed by atoms with Crippen molar-refractivity contribution in [1.29, 1.82) is 0 Å². The predicted molar refractivity (Wildman–Crippen MR) is 146 cm³/mol. The molecular weight excluding hydrogens is 492 g/mol.